The number of ether oxygens (including phenoxy) is 2. The Kier molecular flexibility index (Phi) is 26.7. The van der Waals surface area contributed by atoms with Gasteiger partial charge in [0.2, 0.25) is 0 Å². The maximum Gasteiger partial charge on any atom is 0.472 e. The number of hydrogen-bond acceptors (Lipinski definition) is 6. The fraction of sp³-hybridized carbons (Fsp3) is 0.781. The number of carboxylic acid groups (broad SMARTS) is 1. The van der Waals surface area contributed by atoms with Crippen molar-refractivity contribution in [1.82, 2.24) is 0 Å². The van der Waals surface area contributed by atoms with Gasteiger partial charge in [-0.3, -0.25) is 13.8 Å². The van der Waals surface area contributed by atoms with Crippen LogP contribution in [0.3, 0.4) is 0 Å². The van der Waals surface area contributed by atoms with Crippen LogP contribution in [0.2, 0.25) is 0 Å². The molecule has 2 N–H and O–H groups in total. The van der Waals surface area contributed by atoms with Crippen LogP contribution < -0.4 is 0 Å². The number of carboxylic acids is 1. The van der Waals surface area contributed by atoms with Crippen LogP contribution in [-0.4, -0.2) is 55.1 Å². The van der Waals surface area contributed by atoms with Crippen LogP contribution in [0.5, 0.6) is 0 Å². The normalized spacial score (nSPS) is 14.6. The molecule has 0 aromatic heterocycles. The highest BCUT2D eigenvalue weighted by Crippen LogP contribution is 2.45. The van der Waals surface area contributed by atoms with E-state index >= 15 is 0 Å². The first-order chi connectivity index (χ1) is 19.7. The Hall–Kier alpha value is -1.28. The van der Waals surface area contributed by atoms with Gasteiger partial charge in [0.25, 0.3) is 0 Å². The number of hydrogen-bond donors (Lipinski definition) is 2. The summed E-state index contributed by atoms with van der Waals surface area (Å²) in [6, 6.07) is 0. The van der Waals surface area contributed by atoms with Crippen molar-refractivity contribution in [3.05, 3.63) is 37.0 Å². The van der Waals surface area contributed by atoms with Gasteiger partial charge in [-0.05, 0) is 57.3 Å². The molecule has 0 aromatic carbocycles. The van der Waals surface area contributed by atoms with Gasteiger partial charge in [-0.25, -0.2) is 4.57 Å². The van der Waals surface area contributed by atoms with E-state index in [1.807, 2.05) is 6.92 Å². The highest BCUT2D eigenvalue weighted by Gasteiger charge is 2.27. The molecule has 0 bridgehead atoms. The van der Waals surface area contributed by atoms with E-state index in [-0.39, 0.29) is 32.2 Å². The standard InChI is InChI=1S/C32H59O8P/c1-5-7-8-9-10-11-12-13-14-15-16-17-18-20-24-37-27-31(28-38-25-21-19-22-32(33)34)40-41(35,36)39-26-23-30(4)29(3)6-2/h6,11-12,30-31H,2-3,5,7-10,13-28H2,1,4H3,(H,33,34)(H,35,36). The lowest BCUT2D eigenvalue weighted by atomic mass is 10.00. The number of carbonyl (C=O) groups is 1. The molecule has 0 saturated heterocycles. The molecule has 240 valence electrons. The van der Waals surface area contributed by atoms with Crippen LogP contribution in [0, 0.1) is 5.92 Å². The second-order valence-electron chi connectivity index (χ2n) is 10.7. The lowest BCUT2D eigenvalue weighted by Gasteiger charge is -2.21. The number of unbranched alkanes of at least 4 members (excludes halogenated alkanes) is 11. The van der Waals surface area contributed by atoms with E-state index in [9.17, 15) is 14.3 Å². The van der Waals surface area contributed by atoms with Crippen LogP contribution in [0.15, 0.2) is 37.0 Å². The predicted molar refractivity (Wildman–Crippen MR) is 167 cm³/mol. The highest BCUT2D eigenvalue weighted by molar-refractivity contribution is 7.47. The summed E-state index contributed by atoms with van der Waals surface area (Å²) in [5, 5.41) is 8.74. The molecule has 0 aliphatic rings. The van der Waals surface area contributed by atoms with Crippen molar-refractivity contribution in [2.45, 2.75) is 123 Å². The number of rotatable bonds is 31. The van der Waals surface area contributed by atoms with E-state index < -0.39 is 19.9 Å². The number of aliphatic carboxylic acids is 1. The molecule has 3 atom stereocenters. The Bertz CT molecular complexity index is 739. The largest absolute Gasteiger partial charge is 0.481 e. The third-order valence-electron chi connectivity index (χ3n) is 6.82. The molecular formula is C32H59O8P. The topological polar surface area (TPSA) is 112 Å². The summed E-state index contributed by atoms with van der Waals surface area (Å²) in [7, 11) is -4.31. The minimum absolute atomic E-state index is 0.0424. The van der Waals surface area contributed by atoms with Gasteiger partial charge in [-0.15, -0.1) is 0 Å². The van der Waals surface area contributed by atoms with Crippen molar-refractivity contribution in [2.24, 2.45) is 5.92 Å². The van der Waals surface area contributed by atoms with Crippen molar-refractivity contribution >= 4 is 13.8 Å². The first-order valence-electron chi connectivity index (χ1n) is 15.7. The Morgan fingerprint density at radius 1 is 0.854 bits per heavy atom. The van der Waals surface area contributed by atoms with Crippen molar-refractivity contribution in [1.29, 1.82) is 0 Å². The molecule has 0 amide bonds. The summed E-state index contributed by atoms with van der Waals surface area (Å²) in [6.07, 6.45) is 21.7. The Balaban J connectivity index is 4.22. The molecule has 0 rings (SSSR count). The molecule has 0 saturated carbocycles. The lowest BCUT2D eigenvalue weighted by molar-refractivity contribution is -0.137. The van der Waals surface area contributed by atoms with Crippen molar-refractivity contribution in [3.63, 3.8) is 0 Å². The summed E-state index contributed by atoms with van der Waals surface area (Å²) in [6.45, 7) is 12.8. The van der Waals surface area contributed by atoms with E-state index in [1.54, 1.807) is 6.08 Å². The summed E-state index contributed by atoms with van der Waals surface area (Å²) < 4.78 is 34.4. The van der Waals surface area contributed by atoms with Crippen LogP contribution >= 0.6 is 7.82 Å². The molecule has 3 unspecified atom stereocenters. The minimum atomic E-state index is -4.31. The maximum absolute atomic E-state index is 12.5. The molecule has 0 heterocycles. The number of phosphoric ester groups is 1. The molecule has 0 aromatic rings. The van der Waals surface area contributed by atoms with Crippen LogP contribution in [0.1, 0.15) is 117 Å². The Labute approximate surface area is 250 Å². The Morgan fingerprint density at radius 2 is 1.39 bits per heavy atom. The van der Waals surface area contributed by atoms with Crippen molar-refractivity contribution < 1.29 is 37.9 Å². The smallest absolute Gasteiger partial charge is 0.472 e. The van der Waals surface area contributed by atoms with Gasteiger partial charge < -0.3 is 19.5 Å². The molecule has 0 radical (unpaired) electrons. The van der Waals surface area contributed by atoms with E-state index in [4.69, 9.17) is 23.6 Å². The van der Waals surface area contributed by atoms with Gasteiger partial charge in [-0.1, -0.05) is 95.8 Å². The second-order valence-corrected chi connectivity index (χ2v) is 12.1. The lowest BCUT2D eigenvalue weighted by Crippen LogP contribution is -2.26. The fourth-order valence-electron chi connectivity index (χ4n) is 4.07. The average molecular weight is 603 g/mol. The molecule has 41 heavy (non-hydrogen) atoms. The van der Waals surface area contributed by atoms with E-state index in [0.29, 0.717) is 32.5 Å². The van der Waals surface area contributed by atoms with E-state index in [0.717, 1.165) is 18.4 Å². The zero-order chi connectivity index (χ0) is 30.6. The highest BCUT2D eigenvalue weighted by atomic mass is 31.2. The zero-order valence-electron chi connectivity index (χ0n) is 25.9. The molecule has 9 heteroatoms. The predicted octanol–water partition coefficient (Wildman–Crippen LogP) is 8.80. The SMILES string of the molecule is C=CC(=C)C(C)CCOP(=O)(O)OC(COCCCCCCCCC=CCCCCCC)COCCCCC(=O)O. The Morgan fingerprint density at radius 3 is 1.95 bits per heavy atom. The fourth-order valence-corrected chi connectivity index (χ4v) is 4.96. The van der Waals surface area contributed by atoms with Crippen LogP contribution in [0.4, 0.5) is 0 Å². The maximum atomic E-state index is 12.5. The molecule has 0 spiro atoms. The van der Waals surface area contributed by atoms with Crippen molar-refractivity contribution in [3.8, 4) is 0 Å². The molecule has 8 nitrogen and oxygen atoms in total. The molecule has 0 aliphatic heterocycles. The first kappa shape index (κ1) is 39.7. The van der Waals surface area contributed by atoms with Gasteiger partial charge in [0, 0.05) is 19.6 Å². The van der Waals surface area contributed by atoms with Gasteiger partial charge in [-0.2, -0.15) is 0 Å². The second kappa shape index (κ2) is 27.5. The van der Waals surface area contributed by atoms with Gasteiger partial charge in [0.15, 0.2) is 0 Å². The van der Waals surface area contributed by atoms with Gasteiger partial charge >= 0.3 is 13.8 Å². The minimum Gasteiger partial charge on any atom is -0.481 e. The number of allylic oxidation sites excluding steroid dienone is 4. The van der Waals surface area contributed by atoms with Crippen LogP contribution in [-0.2, 0) is 27.9 Å². The summed E-state index contributed by atoms with van der Waals surface area (Å²) >= 11 is 0. The van der Waals surface area contributed by atoms with Crippen LogP contribution in [0.25, 0.3) is 0 Å². The summed E-state index contributed by atoms with van der Waals surface area (Å²) in [5.74, 6) is -0.771. The quantitative estimate of drug-likeness (QED) is 0.0350. The zero-order valence-corrected chi connectivity index (χ0v) is 26.8. The summed E-state index contributed by atoms with van der Waals surface area (Å²) in [4.78, 5) is 20.9. The van der Waals surface area contributed by atoms with Gasteiger partial charge in [0.1, 0.15) is 6.10 Å². The monoisotopic (exact) mass is 602 g/mol. The average Bonchev–Trinajstić information content (AvgIpc) is 2.93. The number of phosphoric acid groups is 1. The molecule has 0 fully saturated rings. The van der Waals surface area contributed by atoms with Crippen molar-refractivity contribution in [2.75, 3.05) is 33.0 Å². The third-order valence-corrected chi connectivity index (χ3v) is 7.89. The third kappa shape index (κ3) is 27.3. The van der Waals surface area contributed by atoms with Gasteiger partial charge in [0.05, 0.1) is 19.8 Å². The molecular weight excluding hydrogens is 543 g/mol. The first-order valence-corrected chi connectivity index (χ1v) is 17.2. The van der Waals surface area contributed by atoms with E-state index in [2.05, 4.69) is 32.2 Å². The summed E-state index contributed by atoms with van der Waals surface area (Å²) in [5.41, 5.74) is 0.838. The molecule has 0 aliphatic carbocycles. The van der Waals surface area contributed by atoms with E-state index in [1.165, 1.54) is 64.2 Å².